The smallest absolute Gasteiger partial charge is 0.303 e. The van der Waals surface area contributed by atoms with Gasteiger partial charge in [0, 0.05) is 28.9 Å². The number of aromatic amines is 2. The molecule has 2 heterocycles. The van der Waals surface area contributed by atoms with E-state index >= 15 is 0 Å². The van der Waals surface area contributed by atoms with Crippen molar-refractivity contribution in [3.8, 4) is 0 Å². The summed E-state index contributed by atoms with van der Waals surface area (Å²) in [4.78, 5) is 27.1. The van der Waals surface area contributed by atoms with Gasteiger partial charge in [-0.15, -0.1) is 0 Å². The molecule has 0 aliphatic rings. The Morgan fingerprint density at radius 2 is 1.90 bits per heavy atom. The number of hydrogen-bond donors (Lipinski definition) is 3. The number of nitrogens with one attached hydrogen (secondary N) is 2. The van der Waals surface area contributed by atoms with E-state index in [1.165, 1.54) is 0 Å². The fourth-order valence-electron chi connectivity index (χ4n) is 2.14. The van der Waals surface area contributed by atoms with Crippen molar-refractivity contribution in [3.05, 3.63) is 46.9 Å². The number of pyridine rings is 1. The Bertz CT molecular complexity index is 815. The van der Waals surface area contributed by atoms with Crippen LogP contribution in [-0.2, 0) is 4.79 Å². The van der Waals surface area contributed by atoms with E-state index in [2.05, 4.69) is 9.97 Å². The molecule has 3 N–H and O–H groups in total. The number of carboxylic acids is 1. The molecule has 110 valence electrons. The largest absolute Gasteiger partial charge is 0.481 e. The van der Waals surface area contributed by atoms with Crippen molar-refractivity contribution in [1.82, 2.24) is 9.97 Å². The number of carboxylic acid groups (broad SMARTS) is 1. The molecule has 1 aromatic carbocycles. The van der Waals surface area contributed by atoms with Crippen LogP contribution in [0.4, 0.5) is 0 Å². The minimum Gasteiger partial charge on any atom is -0.481 e. The molecule has 3 aromatic rings. The Morgan fingerprint density at radius 1 is 1.19 bits per heavy atom. The molecule has 0 saturated carbocycles. The van der Waals surface area contributed by atoms with E-state index in [0.717, 1.165) is 16.3 Å². The number of fused-ring (bicyclic) bond motifs is 3. The average molecular weight is 286 g/mol. The Balaban J connectivity index is 0.000000199. The maximum Gasteiger partial charge on any atom is 0.303 e. The van der Waals surface area contributed by atoms with Crippen LogP contribution in [-0.4, -0.2) is 21.0 Å². The first-order valence-electron chi connectivity index (χ1n) is 6.79. The highest BCUT2D eigenvalue weighted by Crippen LogP contribution is 2.19. The van der Waals surface area contributed by atoms with Crippen molar-refractivity contribution in [1.29, 1.82) is 0 Å². The number of rotatable bonds is 2. The van der Waals surface area contributed by atoms with Gasteiger partial charge in [0.1, 0.15) is 5.52 Å². The van der Waals surface area contributed by atoms with Crippen molar-refractivity contribution < 1.29 is 9.90 Å². The number of aromatic nitrogens is 2. The highest BCUT2D eigenvalue weighted by molar-refractivity contribution is 6.03. The second-order valence-electron chi connectivity index (χ2n) is 5.26. The third-order valence-electron chi connectivity index (χ3n) is 3.02. The summed E-state index contributed by atoms with van der Waals surface area (Å²) >= 11 is 0. The molecule has 0 aliphatic carbocycles. The molecule has 0 unspecified atom stereocenters. The lowest BCUT2D eigenvalue weighted by atomic mass is 10.1. The molecule has 5 nitrogen and oxygen atoms in total. The van der Waals surface area contributed by atoms with Gasteiger partial charge in [-0.2, -0.15) is 0 Å². The van der Waals surface area contributed by atoms with Crippen molar-refractivity contribution in [2.75, 3.05) is 0 Å². The van der Waals surface area contributed by atoms with Crippen LogP contribution in [0.1, 0.15) is 20.3 Å². The summed E-state index contributed by atoms with van der Waals surface area (Å²) in [7, 11) is 0. The predicted molar refractivity (Wildman–Crippen MR) is 83.5 cm³/mol. The van der Waals surface area contributed by atoms with E-state index in [0.29, 0.717) is 5.52 Å². The molecule has 0 atom stereocenters. The summed E-state index contributed by atoms with van der Waals surface area (Å²) in [5.74, 6) is -0.438. The minimum atomic E-state index is -0.713. The van der Waals surface area contributed by atoms with Crippen LogP contribution in [0.25, 0.3) is 21.8 Å². The third kappa shape index (κ3) is 3.51. The fourth-order valence-corrected chi connectivity index (χ4v) is 2.14. The van der Waals surface area contributed by atoms with Gasteiger partial charge in [0.05, 0.1) is 0 Å². The zero-order valence-corrected chi connectivity index (χ0v) is 12.0. The molecule has 2 aromatic heterocycles. The lowest BCUT2D eigenvalue weighted by molar-refractivity contribution is -0.137. The van der Waals surface area contributed by atoms with Gasteiger partial charge in [-0.05, 0) is 18.1 Å². The van der Waals surface area contributed by atoms with Gasteiger partial charge >= 0.3 is 5.97 Å². The van der Waals surface area contributed by atoms with Crippen LogP contribution in [0.3, 0.4) is 0 Å². The maximum atomic E-state index is 11.6. The van der Waals surface area contributed by atoms with E-state index in [1.54, 1.807) is 6.20 Å². The molecule has 3 rings (SSSR count). The van der Waals surface area contributed by atoms with Crippen LogP contribution < -0.4 is 5.56 Å². The quantitative estimate of drug-likeness (QED) is 0.676. The highest BCUT2D eigenvalue weighted by atomic mass is 16.4. The van der Waals surface area contributed by atoms with Crippen LogP contribution in [0.15, 0.2) is 41.3 Å². The van der Waals surface area contributed by atoms with Gasteiger partial charge in [-0.25, -0.2) is 0 Å². The van der Waals surface area contributed by atoms with Crippen molar-refractivity contribution in [2.45, 2.75) is 20.3 Å². The SMILES string of the molecule is CC(C)CC(=O)O.O=c1[nH]c2ccccc2c2cc[nH]c12. The summed E-state index contributed by atoms with van der Waals surface area (Å²) in [6.07, 6.45) is 2.06. The van der Waals surface area contributed by atoms with Gasteiger partial charge in [0.15, 0.2) is 0 Å². The first kappa shape index (κ1) is 14.8. The number of para-hydroxylation sites is 1. The number of hydrogen-bond acceptors (Lipinski definition) is 2. The van der Waals surface area contributed by atoms with Crippen molar-refractivity contribution in [2.24, 2.45) is 5.92 Å². The molecule has 0 spiro atoms. The first-order valence-corrected chi connectivity index (χ1v) is 6.79. The number of benzene rings is 1. The fraction of sp³-hybridized carbons (Fsp3) is 0.250. The van der Waals surface area contributed by atoms with Gasteiger partial charge in [-0.1, -0.05) is 32.0 Å². The number of H-pyrrole nitrogens is 2. The summed E-state index contributed by atoms with van der Waals surface area (Å²) in [6.45, 7) is 3.77. The van der Waals surface area contributed by atoms with E-state index < -0.39 is 5.97 Å². The number of aliphatic carboxylic acids is 1. The second-order valence-corrected chi connectivity index (χ2v) is 5.26. The standard InChI is InChI=1S/C11H8N2O.C5H10O2/c14-11-10-8(5-6-12-10)7-3-1-2-4-9(7)13-11;1-4(2)3-5(6)7/h1-6,12H,(H,13,14);4H,3H2,1-2H3,(H,6,7). The summed E-state index contributed by atoms with van der Waals surface area (Å²) < 4.78 is 0. The molecule has 0 bridgehead atoms. The van der Waals surface area contributed by atoms with Gasteiger partial charge in [-0.3, -0.25) is 9.59 Å². The van der Waals surface area contributed by atoms with E-state index in [1.807, 2.05) is 44.2 Å². The normalized spacial score (nSPS) is 10.6. The molecule has 0 fully saturated rings. The molecule has 0 saturated heterocycles. The molecule has 0 radical (unpaired) electrons. The number of carbonyl (C=O) groups is 1. The van der Waals surface area contributed by atoms with Gasteiger partial charge in [0.25, 0.3) is 5.56 Å². The average Bonchev–Trinajstić information content (AvgIpc) is 2.88. The summed E-state index contributed by atoms with van der Waals surface area (Å²) in [5.41, 5.74) is 1.46. The molecule has 0 amide bonds. The van der Waals surface area contributed by atoms with Crippen LogP contribution in [0.5, 0.6) is 0 Å². The predicted octanol–water partition coefficient (Wildman–Crippen LogP) is 3.13. The topological polar surface area (TPSA) is 85.9 Å². The Morgan fingerprint density at radius 3 is 2.52 bits per heavy atom. The van der Waals surface area contributed by atoms with Crippen molar-refractivity contribution >= 4 is 27.8 Å². The second kappa shape index (κ2) is 6.26. The summed E-state index contributed by atoms with van der Waals surface area (Å²) in [6, 6.07) is 9.71. The highest BCUT2D eigenvalue weighted by Gasteiger charge is 2.03. The van der Waals surface area contributed by atoms with E-state index in [4.69, 9.17) is 5.11 Å². The zero-order valence-electron chi connectivity index (χ0n) is 12.0. The Hall–Kier alpha value is -2.56. The zero-order chi connectivity index (χ0) is 15.4. The third-order valence-corrected chi connectivity index (χ3v) is 3.02. The summed E-state index contributed by atoms with van der Waals surface area (Å²) in [5, 5.41) is 10.1. The lowest BCUT2D eigenvalue weighted by Gasteiger charge is -1.97. The monoisotopic (exact) mass is 286 g/mol. The Labute approximate surface area is 121 Å². The molecular formula is C16H18N2O3. The first-order chi connectivity index (χ1) is 9.99. The van der Waals surface area contributed by atoms with Crippen LogP contribution in [0.2, 0.25) is 0 Å². The molecule has 0 aliphatic heterocycles. The Kier molecular flexibility index (Phi) is 4.42. The maximum absolute atomic E-state index is 11.6. The van der Waals surface area contributed by atoms with Crippen LogP contribution in [0, 0.1) is 5.92 Å². The van der Waals surface area contributed by atoms with E-state index in [-0.39, 0.29) is 17.9 Å². The molecule has 5 heteroatoms. The lowest BCUT2D eigenvalue weighted by Crippen LogP contribution is -2.05. The van der Waals surface area contributed by atoms with E-state index in [9.17, 15) is 9.59 Å². The minimum absolute atomic E-state index is 0.0660. The van der Waals surface area contributed by atoms with Gasteiger partial charge < -0.3 is 15.1 Å². The molecule has 21 heavy (non-hydrogen) atoms. The molecular weight excluding hydrogens is 268 g/mol. The van der Waals surface area contributed by atoms with Crippen LogP contribution >= 0.6 is 0 Å². The van der Waals surface area contributed by atoms with Crippen molar-refractivity contribution in [3.63, 3.8) is 0 Å². The van der Waals surface area contributed by atoms with Gasteiger partial charge in [0.2, 0.25) is 0 Å².